The van der Waals surface area contributed by atoms with E-state index in [-0.39, 0.29) is 6.61 Å². The third kappa shape index (κ3) is 8.09. The first-order valence-electron chi connectivity index (χ1n) is 7.63. The maximum Gasteiger partial charge on any atom is 0.472 e. The molecule has 0 amide bonds. The number of phosphoric ester groups is 1. The zero-order chi connectivity index (χ0) is 14.8. The van der Waals surface area contributed by atoms with Crippen LogP contribution in [0.2, 0.25) is 0 Å². The van der Waals surface area contributed by atoms with Crippen molar-refractivity contribution in [2.75, 3.05) is 6.61 Å². The lowest BCUT2D eigenvalue weighted by Crippen LogP contribution is -2.30. The van der Waals surface area contributed by atoms with Gasteiger partial charge in [-0.1, -0.05) is 53.4 Å². The van der Waals surface area contributed by atoms with Gasteiger partial charge in [-0.05, 0) is 25.7 Å². The number of hydrogen-bond acceptors (Lipinski definition) is 3. The summed E-state index contributed by atoms with van der Waals surface area (Å²) < 4.78 is 22.5. The molecule has 4 nitrogen and oxygen atoms in total. The highest BCUT2D eigenvalue weighted by Crippen LogP contribution is 2.50. The maximum atomic E-state index is 12.0. The standard InChI is InChI=1S/C14H31O4P/c1-5-9-11-12-14(7-3,8-4)18-19(15,16)17-13-10-6-2/h5-13H2,1-4H3,(H,15,16). The van der Waals surface area contributed by atoms with E-state index >= 15 is 0 Å². The minimum Gasteiger partial charge on any atom is -0.302 e. The van der Waals surface area contributed by atoms with E-state index < -0.39 is 13.4 Å². The van der Waals surface area contributed by atoms with Gasteiger partial charge in [0.1, 0.15) is 0 Å². The van der Waals surface area contributed by atoms with Gasteiger partial charge >= 0.3 is 7.82 Å². The van der Waals surface area contributed by atoms with Crippen LogP contribution in [0, 0.1) is 0 Å². The van der Waals surface area contributed by atoms with Crippen molar-refractivity contribution in [1.82, 2.24) is 0 Å². The first-order valence-corrected chi connectivity index (χ1v) is 9.13. The Labute approximate surface area is 118 Å². The summed E-state index contributed by atoms with van der Waals surface area (Å²) in [6.45, 7) is 8.44. The molecule has 5 heteroatoms. The Kier molecular flexibility index (Phi) is 9.98. The van der Waals surface area contributed by atoms with Crippen LogP contribution in [0.25, 0.3) is 0 Å². The van der Waals surface area contributed by atoms with Crippen LogP contribution in [-0.4, -0.2) is 17.1 Å². The first kappa shape index (κ1) is 19.1. The Morgan fingerprint density at radius 1 is 1.00 bits per heavy atom. The SMILES string of the molecule is CCCCCC(CC)(CC)OP(=O)(O)OCCCC. The summed E-state index contributed by atoms with van der Waals surface area (Å²) in [6, 6.07) is 0. The molecule has 0 spiro atoms. The van der Waals surface area contributed by atoms with E-state index in [0.717, 1.165) is 51.4 Å². The minimum absolute atomic E-state index is 0.281. The summed E-state index contributed by atoms with van der Waals surface area (Å²) >= 11 is 0. The van der Waals surface area contributed by atoms with E-state index in [1.165, 1.54) is 0 Å². The molecule has 0 aliphatic heterocycles. The van der Waals surface area contributed by atoms with E-state index in [1.54, 1.807) is 0 Å². The van der Waals surface area contributed by atoms with E-state index in [2.05, 4.69) is 6.92 Å². The second kappa shape index (κ2) is 9.93. The molecule has 0 aromatic carbocycles. The van der Waals surface area contributed by atoms with Crippen LogP contribution in [0.1, 0.15) is 79.1 Å². The summed E-state index contributed by atoms with van der Waals surface area (Å²) in [6.07, 6.45) is 7.26. The molecule has 0 fully saturated rings. The molecule has 1 N–H and O–H groups in total. The van der Waals surface area contributed by atoms with E-state index in [0.29, 0.717) is 0 Å². The van der Waals surface area contributed by atoms with Gasteiger partial charge in [-0.15, -0.1) is 0 Å². The van der Waals surface area contributed by atoms with Gasteiger partial charge in [-0.2, -0.15) is 0 Å². The molecular weight excluding hydrogens is 263 g/mol. The van der Waals surface area contributed by atoms with Crippen molar-refractivity contribution in [3.05, 3.63) is 0 Å². The number of phosphoric acid groups is 1. The fraction of sp³-hybridized carbons (Fsp3) is 1.00. The fourth-order valence-corrected chi connectivity index (χ4v) is 3.32. The van der Waals surface area contributed by atoms with Gasteiger partial charge in [0, 0.05) is 0 Å². The van der Waals surface area contributed by atoms with Gasteiger partial charge < -0.3 is 4.89 Å². The van der Waals surface area contributed by atoms with Crippen molar-refractivity contribution in [3.8, 4) is 0 Å². The van der Waals surface area contributed by atoms with Crippen LogP contribution >= 0.6 is 7.82 Å². The molecular formula is C14H31O4P. The highest BCUT2D eigenvalue weighted by Gasteiger charge is 2.36. The zero-order valence-electron chi connectivity index (χ0n) is 13.0. The molecule has 0 rings (SSSR count). The van der Waals surface area contributed by atoms with Gasteiger partial charge in [0.2, 0.25) is 0 Å². The van der Waals surface area contributed by atoms with Crippen LogP contribution in [-0.2, 0) is 13.6 Å². The molecule has 19 heavy (non-hydrogen) atoms. The monoisotopic (exact) mass is 294 g/mol. The fourth-order valence-electron chi connectivity index (χ4n) is 2.07. The van der Waals surface area contributed by atoms with E-state index in [9.17, 15) is 9.46 Å². The van der Waals surface area contributed by atoms with Crippen molar-refractivity contribution in [2.45, 2.75) is 84.7 Å². The Balaban J connectivity index is 4.48. The van der Waals surface area contributed by atoms with Crippen LogP contribution in [0.3, 0.4) is 0 Å². The van der Waals surface area contributed by atoms with E-state index in [4.69, 9.17) is 9.05 Å². The number of hydrogen-bond donors (Lipinski definition) is 1. The molecule has 1 unspecified atom stereocenters. The molecule has 0 saturated heterocycles. The Morgan fingerprint density at radius 2 is 1.58 bits per heavy atom. The second-order valence-electron chi connectivity index (χ2n) is 5.09. The van der Waals surface area contributed by atoms with Gasteiger partial charge in [0.05, 0.1) is 12.2 Å². The maximum absolute atomic E-state index is 12.0. The summed E-state index contributed by atoms with van der Waals surface area (Å²) in [5, 5.41) is 0. The van der Waals surface area contributed by atoms with Crippen LogP contribution in [0.15, 0.2) is 0 Å². The van der Waals surface area contributed by atoms with E-state index in [1.807, 2.05) is 20.8 Å². The van der Waals surface area contributed by atoms with Crippen molar-refractivity contribution in [3.63, 3.8) is 0 Å². The van der Waals surface area contributed by atoms with Crippen LogP contribution < -0.4 is 0 Å². The lowest BCUT2D eigenvalue weighted by atomic mass is 9.91. The average molecular weight is 294 g/mol. The molecule has 0 aromatic heterocycles. The highest BCUT2D eigenvalue weighted by atomic mass is 31.2. The van der Waals surface area contributed by atoms with Crippen LogP contribution in [0.4, 0.5) is 0 Å². The quantitative estimate of drug-likeness (QED) is 0.404. The van der Waals surface area contributed by atoms with Crippen LogP contribution in [0.5, 0.6) is 0 Å². The number of unbranched alkanes of at least 4 members (excludes halogenated alkanes) is 3. The van der Waals surface area contributed by atoms with Gasteiger partial charge in [-0.3, -0.25) is 9.05 Å². The summed E-state index contributed by atoms with van der Waals surface area (Å²) in [5.41, 5.74) is -0.522. The summed E-state index contributed by atoms with van der Waals surface area (Å²) in [5.74, 6) is 0. The molecule has 0 aromatic rings. The Hall–Kier alpha value is 0.110. The molecule has 116 valence electrons. The zero-order valence-corrected chi connectivity index (χ0v) is 13.9. The molecule has 0 radical (unpaired) electrons. The van der Waals surface area contributed by atoms with Crippen molar-refractivity contribution in [2.24, 2.45) is 0 Å². The topological polar surface area (TPSA) is 55.8 Å². The van der Waals surface area contributed by atoms with Gasteiger partial charge in [-0.25, -0.2) is 4.57 Å². The third-order valence-electron chi connectivity index (χ3n) is 3.59. The highest BCUT2D eigenvalue weighted by molar-refractivity contribution is 7.47. The predicted octanol–water partition coefficient (Wildman–Crippen LogP) is 5.06. The second-order valence-corrected chi connectivity index (χ2v) is 6.47. The summed E-state index contributed by atoms with van der Waals surface area (Å²) in [7, 11) is -3.93. The largest absolute Gasteiger partial charge is 0.472 e. The molecule has 0 aliphatic carbocycles. The van der Waals surface area contributed by atoms with Crippen molar-refractivity contribution in [1.29, 1.82) is 0 Å². The first-order chi connectivity index (χ1) is 8.95. The van der Waals surface area contributed by atoms with Gasteiger partial charge in [0.15, 0.2) is 0 Å². The van der Waals surface area contributed by atoms with Crippen molar-refractivity contribution >= 4 is 7.82 Å². The third-order valence-corrected chi connectivity index (χ3v) is 4.71. The normalized spacial score (nSPS) is 15.4. The smallest absolute Gasteiger partial charge is 0.302 e. The molecule has 0 bridgehead atoms. The summed E-state index contributed by atoms with van der Waals surface area (Å²) in [4.78, 5) is 9.81. The minimum atomic E-state index is -3.93. The number of rotatable bonds is 12. The Bertz CT molecular complexity index is 264. The van der Waals surface area contributed by atoms with Crippen molar-refractivity contribution < 1.29 is 18.5 Å². The molecule has 0 saturated carbocycles. The Morgan fingerprint density at radius 3 is 2.05 bits per heavy atom. The lowest BCUT2D eigenvalue weighted by Gasteiger charge is -2.33. The average Bonchev–Trinajstić information content (AvgIpc) is 2.38. The molecule has 1 atom stereocenters. The molecule has 0 heterocycles. The predicted molar refractivity (Wildman–Crippen MR) is 79.2 cm³/mol. The van der Waals surface area contributed by atoms with Gasteiger partial charge in [0.25, 0.3) is 0 Å². The lowest BCUT2D eigenvalue weighted by molar-refractivity contribution is 0.00649. The molecule has 0 aliphatic rings.